The van der Waals surface area contributed by atoms with Crippen LogP contribution >= 0.6 is 47.0 Å². The van der Waals surface area contributed by atoms with Crippen LogP contribution in [0.1, 0.15) is 0 Å². The van der Waals surface area contributed by atoms with E-state index < -0.39 is 0 Å². The van der Waals surface area contributed by atoms with Crippen molar-refractivity contribution < 1.29 is 9.47 Å². The number of rotatable bonds is 0. The second-order valence-corrected chi connectivity index (χ2v) is 8.34. The third-order valence-electron chi connectivity index (χ3n) is 2.50. The van der Waals surface area contributed by atoms with E-state index in [1.807, 2.05) is 0 Å². The first-order chi connectivity index (χ1) is 9.70. The summed E-state index contributed by atoms with van der Waals surface area (Å²) in [6, 6.07) is 0. The molecule has 20 heavy (non-hydrogen) atoms. The highest BCUT2D eigenvalue weighted by molar-refractivity contribution is 8.32. The molecule has 0 saturated carbocycles. The van der Waals surface area contributed by atoms with Gasteiger partial charge in [-0.1, -0.05) is 23.5 Å². The van der Waals surface area contributed by atoms with Crippen molar-refractivity contribution in [1.82, 2.24) is 9.97 Å². The van der Waals surface area contributed by atoms with Crippen molar-refractivity contribution in [1.29, 1.82) is 0 Å². The third-order valence-corrected chi connectivity index (χ3v) is 7.88. The van der Waals surface area contributed by atoms with E-state index in [4.69, 9.17) is 15.2 Å². The van der Waals surface area contributed by atoms with Gasteiger partial charge in [0.05, 0.1) is 8.47 Å². The molecule has 0 unspecified atom stereocenters. The number of aromatic amines is 1. The number of fused-ring (bicyclic) bond motifs is 1. The predicted octanol–water partition coefficient (Wildman–Crippen LogP) is 2.33. The van der Waals surface area contributed by atoms with Crippen molar-refractivity contribution in [2.24, 2.45) is 0 Å². The summed E-state index contributed by atoms with van der Waals surface area (Å²) in [4.78, 5) is 19.1. The number of ether oxygens (including phenoxy) is 2. The van der Waals surface area contributed by atoms with Gasteiger partial charge in [0.1, 0.15) is 23.1 Å². The molecule has 0 atom stereocenters. The number of hydrogen-bond donors (Lipinski definition) is 2. The highest BCUT2D eigenvalue weighted by Crippen LogP contribution is 2.60. The number of H-pyrrole nitrogens is 1. The van der Waals surface area contributed by atoms with Crippen LogP contribution in [0.15, 0.2) is 33.4 Å². The van der Waals surface area contributed by atoms with Crippen molar-refractivity contribution in [2.45, 2.75) is 9.92 Å². The summed E-state index contributed by atoms with van der Waals surface area (Å²) in [6.45, 7) is 1.15. The summed E-state index contributed by atoms with van der Waals surface area (Å²) in [6.07, 6.45) is 0. The summed E-state index contributed by atoms with van der Waals surface area (Å²) in [7, 11) is 0. The van der Waals surface area contributed by atoms with Crippen molar-refractivity contribution in [2.75, 3.05) is 18.9 Å². The summed E-state index contributed by atoms with van der Waals surface area (Å²) in [5.41, 5.74) is 5.37. The Kier molecular flexibility index (Phi) is 3.13. The molecule has 0 amide bonds. The maximum absolute atomic E-state index is 11.8. The number of nitrogens with one attached hydrogen (secondary N) is 1. The van der Waals surface area contributed by atoms with Crippen molar-refractivity contribution >= 4 is 53.0 Å². The van der Waals surface area contributed by atoms with Crippen LogP contribution in [0.4, 0.5) is 5.95 Å². The Morgan fingerprint density at radius 3 is 2.40 bits per heavy atom. The minimum absolute atomic E-state index is 0.143. The molecule has 0 radical (unpaired) electrons. The van der Waals surface area contributed by atoms with Crippen LogP contribution in [0.5, 0.6) is 0 Å². The van der Waals surface area contributed by atoms with E-state index in [1.165, 1.54) is 47.0 Å². The Labute approximate surface area is 130 Å². The Balaban J connectivity index is 1.66. The predicted molar refractivity (Wildman–Crippen MR) is 82.1 cm³/mol. The molecule has 4 rings (SSSR count). The van der Waals surface area contributed by atoms with Crippen LogP contribution in [0.25, 0.3) is 0 Å². The molecule has 0 spiro atoms. The van der Waals surface area contributed by atoms with Crippen LogP contribution in [-0.2, 0) is 9.47 Å². The van der Waals surface area contributed by atoms with Gasteiger partial charge >= 0.3 is 0 Å². The van der Waals surface area contributed by atoms with Gasteiger partial charge in [0.15, 0.2) is 0 Å². The molecule has 3 aliphatic heterocycles. The first kappa shape index (κ1) is 12.9. The zero-order valence-electron chi connectivity index (χ0n) is 9.80. The lowest BCUT2D eigenvalue weighted by molar-refractivity contribution is 0.0949. The van der Waals surface area contributed by atoms with Crippen molar-refractivity contribution in [3.8, 4) is 0 Å². The Morgan fingerprint density at radius 1 is 1.05 bits per heavy atom. The van der Waals surface area contributed by atoms with E-state index in [9.17, 15) is 4.79 Å². The average molecular weight is 345 g/mol. The molecule has 10 heteroatoms. The molecule has 6 nitrogen and oxygen atoms in total. The number of anilines is 1. The van der Waals surface area contributed by atoms with Gasteiger partial charge in [0, 0.05) is 0 Å². The number of hydrogen-bond acceptors (Lipinski definition) is 9. The lowest BCUT2D eigenvalue weighted by Crippen LogP contribution is -2.12. The second-order valence-electron chi connectivity index (χ2n) is 3.84. The monoisotopic (exact) mass is 345 g/mol. The largest absolute Gasteiger partial charge is 0.480 e. The van der Waals surface area contributed by atoms with E-state index in [2.05, 4.69) is 9.97 Å². The van der Waals surface area contributed by atoms with E-state index in [0.717, 1.165) is 18.7 Å². The fourth-order valence-corrected chi connectivity index (χ4v) is 6.68. The van der Waals surface area contributed by atoms with Crippen LogP contribution < -0.4 is 11.3 Å². The van der Waals surface area contributed by atoms with Gasteiger partial charge in [0.2, 0.25) is 16.1 Å². The topological polar surface area (TPSA) is 90.2 Å². The molecular weight excluding hydrogens is 338 g/mol. The van der Waals surface area contributed by atoms with Crippen LogP contribution in [0.3, 0.4) is 0 Å². The molecule has 0 aliphatic carbocycles. The lowest BCUT2D eigenvalue weighted by atomic mass is 10.6. The molecule has 1 aromatic heterocycles. The van der Waals surface area contributed by atoms with E-state index in [0.29, 0.717) is 23.1 Å². The number of thioether (sulfide) groups is 4. The average Bonchev–Trinajstić information content (AvgIpc) is 3.01. The first-order valence-electron chi connectivity index (χ1n) is 5.56. The minimum Gasteiger partial charge on any atom is -0.480 e. The van der Waals surface area contributed by atoms with Crippen molar-refractivity contribution in [3.63, 3.8) is 0 Å². The Bertz CT molecular complexity index is 707. The van der Waals surface area contributed by atoms with Gasteiger partial charge < -0.3 is 15.2 Å². The molecule has 0 saturated heterocycles. The molecule has 3 N–H and O–H groups in total. The number of nitrogen functional groups attached to an aromatic ring is 1. The number of nitrogens with zero attached hydrogens (tertiary/aromatic N) is 1. The summed E-state index contributed by atoms with van der Waals surface area (Å²) >= 11 is 5.94. The van der Waals surface area contributed by atoms with Crippen LogP contribution in [0.2, 0.25) is 0 Å². The minimum atomic E-state index is -0.196. The zero-order chi connectivity index (χ0) is 13.7. The molecule has 0 aromatic carbocycles. The second kappa shape index (κ2) is 4.86. The van der Waals surface area contributed by atoms with Gasteiger partial charge in [-0.05, 0) is 23.5 Å². The standard InChI is InChI=1S/C10H7N3O3S4/c11-10-12-4(14)3-5(13-10)18-8(17-3)9-19-6-7(20-9)16-2-1-15-6/h1-2H2,(H3,11,12,13,14). The third kappa shape index (κ3) is 2.10. The molecule has 0 bridgehead atoms. The highest BCUT2D eigenvalue weighted by atomic mass is 32.2. The summed E-state index contributed by atoms with van der Waals surface area (Å²) < 4.78 is 13.2. The van der Waals surface area contributed by atoms with Crippen LogP contribution in [-0.4, -0.2) is 23.2 Å². The fraction of sp³-hybridized carbons (Fsp3) is 0.200. The normalized spacial score (nSPS) is 20.6. The quantitative estimate of drug-likeness (QED) is 0.687. The summed E-state index contributed by atoms with van der Waals surface area (Å²) in [5.74, 6) is 0.143. The SMILES string of the molecule is Nc1nc2c(c(=O)[nH]1)SC(=C1SC3=C(OCCO3)S1)S2. The van der Waals surface area contributed by atoms with Gasteiger partial charge in [-0.2, -0.15) is 0 Å². The van der Waals surface area contributed by atoms with Gasteiger partial charge in [-0.3, -0.25) is 9.78 Å². The maximum Gasteiger partial charge on any atom is 0.267 e. The first-order valence-corrected chi connectivity index (χ1v) is 8.82. The van der Waals surface area contributed by atoms with Gasteiger partial charge in [-0.15, -0.1) is 0 Å². The zero-order valence-corrected chi connectivity index (χ0v) is 13.1. The highest BCUT2D eigenvalue weighted by Gasteiger charge is 2.33. The van der Waals surface area contributed by atoms with Crippen molar-refractivity contribution in [3.05, 3.63) is 29.0 Å². The molecule has 104 valence electrons. The Hall–Kier alpha value is -0.840. The fourth-order valence-electron chi connectivity index (χ4n) is 1.70. The molecule has 3 aliphatic rings. The smallest absolute Gasteiger partial charge is 0.267 e. The number of aromatic nitrogens is 2. The lowest BCUT2D eigenvalue weighted by Gasteiger charge is -2.13. The molecule has 4 heterocycles. The molecule has 1 aromatic rings. The molecule has 0 fully saturated rings. The molecular formula is C10H7N3O3S4. The summed E-state index contributed by atoms with van der Waals surface area (Å²) in [5, 5.41) is 2.27. The van der Waals surface area contributed by atoms with Gasteiger partial charge in [0.25, 0.3) is 5.56 Å². The van der Waals surface area contributed by atoms with E-state index in [-0.39, 0.29) is 11.5 Å². The van der Waals surface area contributed by atoms with E-state index >= 15 is 0 Å². The van der Waals surface area contributed by atoms with Crippen LogP contribution in [0, 0.1) is 0 Å². The number of nitrogens with two attached hydrogens (primary N) is 1. The van der Waals surface area contributed by atoms with E-state index in [1.54, 1.807) is 0 Å². The Morgan fingerprint density at radius 2 is 1.70 bits per heavy atom. The maximum atomic E-state index is 11.8. The van der Waals surface area contributed by atoms with Gasteiger partial charge in [-0.25, -0.2) is 4.98 Å².